The van der Waals surface area contributed by atoms with Crippen molar-refractivity contribution >= 4 is 28.6 Å². The van der Waals surface area contributed by atoms with Crippen molar-refractivity contribution < 1.29 is 9.90 Å². The van der Waals surface area contributed by atoms with Crippen molar-refractivity contribution in [2.24, 2.45) is 0 Å². The van der Waals surface area contributed by atoms with Crippen LogP contribution in [0.3, 0.4) is 0 Å². The summed E-state index contributed by atoms with van der Waals surface area (Å²) in [6.45, 7) is 1.26. The minimum atomic E-state index is -1.05. The van der Waals surface area contributed by atoms with Gasteiger partial charge in [-0.1, -0.05) is 0 Å². The van der Waals surface area contributed by atoms with E-state index in [9.17, 15) is 9.59 Å². The van der Waals surface area contributed by atoms with Crippen LogP contribution in [0.4, 0.5) is 0 Å². The second kappa shape index (κ2) is 3.86. The van der Waals surface area contributed by atoms with Gasteiger partial charge in [0.2, 0.25) is 0 Å². The zero-order valence-electron chi connectivity index (χ0n) is 6.82. The molecular formula is C7H7IN2O3. The van der Waals surface area contributed by atoms with Crippen molar-refractivity contribution in [3.8, 4) is 0 Å². The van der Waals surface area contributed by atoms with Crippen LogP contribution in [-0.4, -0.2) is 20.6 Å². The molecule has 70 valence electrons. The molecule has 0 saturated heterocycles. The molecule has 13 heavy (non-hydrogen) atoms. The van der Waals surface area contributed by atoms with Gasteiger partial charge in [0, 0.05) is 6.20 Å². The number of carbonyl (C=O) groups is 1. The third-order valence-electron chi connectivity index (χ3n) is 1.50. The molecule has 1 aromatic heterocycles. The van der Waals surface area contributed by atoms with Gasteiger partial charge in [0.1, 0.15) is 12.4 Å². The summed E-state index contributed by atoms with van der Waals surface area (Å²) in [5, 5.41) is 8.52. The number of aliphatic carboxylic acids is 1. The molecule has 0 aliphatic carbocycles. The predicted octanol–water partition coefficient (Wildman–Crippen LogP) is 0.241. The summed E-state index contributed by atoms with van der Waals surface area (Å²) in [5.41, 5.74) is -0.310. The first kappa shape index (κ1) is 10.2. The molecule has 0 spiro atoms. The largest absolute Gasteiger partial charge is 0.480 e. The van der Waals surface area contributed by atoms with Gasteiger partial charge < -0.3 is 5.11 Å². The lowest BCUT2D eigenvalue weighted by Crippen LogP contribution is -2.28. The Labute approximate surface area is 87.6 Å². The number of carboxylic acids is 1. The maximum Gasteiger partial charge on any atom is 0.323 e. The second-order valence-electron chi connectivity index (χ2n) is 2.44. The number of rotatable bonds is 2. The van der Waals surface area contributed by atoms with Crippen molar-refractivity contribution in [1.29, 1.82) is 0 Å². The maximum atomic E-state index is 11.4. The molecule has 1 heterocycles. The van der Waals surface area contributed by atoms with Gasteiger partial charge in [-0.05, 0) is 29.5 Å². The van der Waals surface area contributed by atoms with Gasteiger partial charge in [0.15, 0.2) is 0 Å². The standard InChI is InChI=1S/C7H7IN2O3/c1-4-9-2-5(8)7(13)10(4)3-6(11)12/h2H,3H2,1H3,(H,11,12). The Morgan fingerprint density at radius 1 is 1.77 bits per heavy atom. The van der Waals surface area contributed by atoms with Gasteiger partial charge in [-0.3, -0.25) is 14.2 Å². The molecule has 1 rings (SSSR count). The quantitative estimate of drug-likeness (QED) is 0.793. The van der Waals surface area contributed by atoms with Crippen LogP contribution < -0.4 is 5.56 Å². The lowest BCUT2D eigenvalue weighted by molar-refractivity contribution is -0.137. The molecule has 1 aromatic rings. The third kappa shape index (κ3) is 2.27. The van der Waals surface area contributed by atoms with Crippen molar-refractivity contribution in [2.75, 3.05) is 0 Å². The number of hydrogen-bond acceptors (Lipinski definition) is 3. The summed E-state index contributed by atoms with van der Waals surface area (Å²) in [6.07, 6.45) is 1.43. The average Bonchev–Trinajstić information content (AvgIpc) is 2.05. The van der Waals surface area contributed by atoms with Gasteiger partial charge in [0.25, 0.3) is 5.56 Å². The summed E-state index contributed by atoms with van der Waals surface area (Å²) in [7, 11) is 0. The minimum Gasteiger partial charge on any atom is -0.480 e. The fraction of sp³-hybridized carbons (Fsp3) is 0.286. The Morgan fingerprint density at radius 2 is 2.38 bits per heavy atom. The molecule has 0 bridgehead atoms. The van der Waals surface area contributed by atoms with E-state index in [1.807, 2.05) is 22.6 Å². The van der Waals surface area contributed by atoms with E-state index in [-0.39, 0.29) is 12.1 Å². The van der Waals surface area contributed by atoms with Crippen LogP contribution in [0.25, 0.3) is 0 Å². The molecule has 1 N–H and O–H groups in total. The third-order valence-corrected chi connectivity index (χ3v) is 2.24. The maximum absolute atomic E-state index is 11.4. The number of nitrogens with zero attached hydrogens (tertiary/aromatic N) is 2. The zero-order chi connectivity index (χ0) is 10.0. The highest BCUT2D eigenvalue weighted by atomic mass is 127. The first-order chi connectivity index (χ1) is 6.02. The van der Waals surface area contributed by atoms with Crippen LogP contribution in [-0.2, 0) is 11.3 Å². The van der Waals surface area contributed by atoms with E-state index in [0.29, 0.717) is 9.39 Å². The monoisotopic (exact) mass is 294 g/mol. The molecule has 0 fully saturated rings. The fourth-order valence-corrected chi connectivity index (χ4v) is 1.30. The molecule has 0 saturated carbocycles. The van der Waals surface area contributed by atoms with Crippen LogP contribution in [0, 0.1) is 10.5 Å². The first-order valence-electron chi connectivity index (χ1n) is 3.46. The Balaban J connectivity index is 3.26. The Kier molecular flexibility index (Phi) is 3.02. The molecule has 0 unspecified atom stereocenters. The number of aryl methyl sites for hydroxylation is 1. The number of hydrogen-bond donors (Lipinski definition) is 1. The van der Waals surface area contributed by atoms with Crippen molar-refractivity contribution in [3.05, 3.63) is 25.9 Å². The van der Waals surface area contributed by atoms with E-state index >= 15 is 0 Å². The molecule has 6 heteroatoms. The normalized spacial score (nSPS) is 10.0. The van der Waals surface area contributed by atoms with E-state index < -0.39 is 5.97 Å². The highest BCUT2D eigenvalue weighted by Crippen LogP contribution is 1.96. The molecule has 0 aliphatic heterocycles. The summed E-state index contributed by atoms with van der Waals surface area (Å²) in [4.78, 5) is 25.7. The molecule has 0 atom stereocenters. The predicted molar refractivity (Wildman–Crippen MR) is 53.6 cm³/mol. The fourth-order valence-electron chi connectivity index (χ4n) is 0.872. The molecule has 0 radical (unpaired) electrons. The SMILES string of the molecule is Cc1ncc(I)c(=O)n1CC(=O)O. The van der Waals surface area contributed by atoms with E-state index in [0.717, 1.165) is 4.57 Å². The molecular weight excluding hydrogens is 287 g/mol. The summed E-state index contributed by atoms with van der Waals surface area (Å²) in [5.74, 6) is -0.637. The molecule has 0 aliphatic rings. The number of carboxylic acid groups (broad SMARTS) is 1. The van der Waals surface area contributed by atoms with Crippen LogP contribution in [0.15, 0.2) is 11.0 Å². The molecule has 0 aromatic carbocycles. The van der Waals surface area contributed by atoms with Crippen LogP contribution in [0.2, 0.25) is 0 Å². The zero-order valence-corrected chi connectivity index (χ0v) is 8.98. The van der Waals surface area contributed by atoms with Crippen LogP contribution in [0.5, 0.6) is 0 Å². The Morgan fingerprint density at radius 3 is 2.92 bits per heavy atom. The Bertz CT molecular complexity index is 399. The van der Waals surface area contributed by atoms with E-state index in [4.69, 9.17) is 5.11 Å². The van der Waals surface area contributed by atoms with Gasteiger partial charge in [-0.15, -0.1) is 0 Å². The lowest BCUT2D eigenvalue weighted by Gasteiger charge is -2.05. The van der Waals surface area contributed by atoms with Crippen molar-refractivity contribution in [1.82, 2.24) is 9.55 Å². The van der Waals surface area contributed by atoms with E-state index in [2.05, 4.69) is 4.98 Å². The summed E-state index contributed by atoms with van der Waals surface area (Å²) >= 11 is 1.82. The van der Waals surface area contributed by atoms with Crippen molar-refractivity contribution in [2.45, 2.75) is 13.5 Å². The smallest absolute Gasteiger partial charge is 0.323 e. The van der Waals surface area contributed by atoms with Crippen LogP contribution in [0.1, 0.15) is 5.82 Å². The topological polar surface area (TPSA) is 72.2 Å². The number of halogens is 1. The van der Waals surface area contributed by atoms with Crippen LogP contribution >= 0.6 is 22.6 Å². The first-order valence-corrected chi connectivity index (χ1v) is 4.54. The highest BCUT2D eigenvalue weighted by molar-refractivity contribution is 14.1. The van der Waals surface area contributed by atoms with E-state index in [1.165, 1.54) is 6.20 Å². The number of aromatic nitrogens is 2. The lowest BCUT2D eigenvalue weighted by atomic mass is 10.5. The second-order valence-corrected chi connectivity index (χ2v) is 3.60. The van der Waals surface area contributed by atoms with Gasteiger partial charge in [-0.2, -0.15) is 0 Å². The summed E-state index contributed by atoms with van der Waals surface area (Å²) < 4.78 is 1.55. The van der Waals surface area contributed by atoms with Gasteiger partial charge in [0.05, 0.1) is 3.57 Å². The average molecular weight is 294 g/mol. The van der Waals surface area contributed by atoms with Gasteiger partial charge >= 0.3 is 5.97 Å². The van der Waals surface area contributed by atoms with Gasteiger partial charge in [-0.25, -0.2) is 4.98 Å². The van der Waals surface area contributed by atoms with Crippen molar-refractivity contribution in [3.63, 3.8) is 0 Å². The van der Waals surface area contributed by atoms with E-state index in [1.54, 1.807) is 6.92 Å². The minimum absolute atomic E-state index is 0.310. The Hall–Kier alpha value is -0.920. The highest BCUT2D eigenvalue weighted by Gasteiger charge is 2.07. The molecule has 5 nitrogen and oxygen atoms in total. The summed E-state index contributed by atoms with van der Waals surface area (Å²) in [6, 6.07) is 0. The molecule has 0 amide bonds.